The quantitative estimate of drug-likeness (QED) is 0.111. The van der Waals surface area contributed by atoms with Gasteiger partial charge < -0.3 is 35.6 Å². The summed E-state index contributed by atoms with van der Waals surface area (Å²) in [5, 5.41) is 48.3. The first kappa shape index (κ1) is 42.2. The van der Waals surface area contributed by atoms with Crippen molar-refractivity contribution in [2.75, 3.05) is 13.1 Å². The van der Waals surface area contributed by atoms with Crippen LogP contribution in [0, 0.1) is 41.1 Å². The molecule has 11 heteroatoms. The van der Waals surface area contributed by atoms with E-state index in [0.29, 0.717) is 37.1 Å². The van der Waals surface area contributed by atoms with Gasteiger partial charge in [0.2, 0.25) is 0 Å². The molecule has 60 heavy (non-hydrogen) atoms. The number of Topliss-reactive ketones (excluding diaryl/α,β-unsaturated/α-hetero) is 1. The van der Waals surface area contributed by atoms with Gasteiger partial charge in [0.1, 0.15) is 48.1 Å². The van der Waals surface area contributed by atoms with Crippen molar-refractivity contribution >= 4 is 11.5 Å². The predicted molar refractivity (Wildman–Crippen MR) is 229 cm³/mol. The standard InChI is InChI=1S/C49H60N4O7/c1-3-5-6-10-36(44(58)25-32(54)9-4-2)42(56)15-11-30-24-46-45(26-43(30)57)59-22-20-49(18-7-8-19-49)39-14-16-41(55)34-12-13-35-33(17-21-51-47(35)50)37(34)23-31-27-52-40-29-53(28-38(31)40)48(39)60-46/h12-13,24,26-28,32,36,39,41,44,47-48,51,54-55,57-58H,3-11,15,17-19,21,23,25,29,50H2,1-2H3/p+1. The lowest BCUT2D eigenvalue weighted by Gasteiger charge is -2.36. The third-order valence-electron chi connectivity index (χ3n) is 13.7. The number of fused-ring (bicyclic) bond motifs is 8. The fourth-order valence-electron chi connectivity index (χ4n) is 10.4. The van der Waals surface area contributed by atoms with E-state index in [1.54, 1.807) is 6.07 Å². The van der Waals surface area contributed by atoms with Crippen LogP contribution in [0.25, 0.3) is 0 Å². The highest BCUT2D eigenvalue weighted by Crippen LogP contribution is 2.47. The highest BCUT2D eigenvalue weighted by molar-refractivity contribution is 6.08. The molecule has 1 saturated carbocycles. The number of carbonyl (C=O) groups excluding carboxylic acids is 1. The molecule has 0 radical (unpaired) electrons. The van der Waals surface area contributed by atoms with Gasteiger partial charge in [0.15, 0.2) is 11.5 Å². The maximum atomic E-state index is 13.8. The van der Waals surface area contributed by atoms with Crippen molar-refractivity contribution in [1.82, 2.24) is 5.32 Å². The zero-order valence-electron chi connectivity index (χ0n) is 35.1. The number of hydrogen-bond donors (Lipinski definition) is 7. The van der Waals surface area contributed by atoms with E-state index >= 15 is 0 Å². The summed E-state index contributed by atoms with van der Waals surface area (Å²) in [7, 11) is 0. The third-order valence-corrected chi connectivity index (χ3v) is 13.7. The zero-order chi connectivity index (χ0) is 42.0. The van der Waals surface area contributed by atoms with Crippen molar-refractivity contribution in [2.45, 2.75) is 141 Å². The summed E-state index contributed by atoms with van der Waals surface area (Å²) in [5.74, 6) is 9.88. The number of quaternary nitrogens is 1. The number of aliphatic imine (C=N–C) groups is 1. The number of nitrogens with one attached hydrogen (secondary N) is 2. The van der Waals surface area contributed by atoms with Crippen molar-refractivity contribution in [2.24, 2.45) is 28.0 Å². The summed E-state index contributed by atoms with van der Waals surface area (Å²) in [6.45, 7) is 5.41. The number of rotatable bonds is 13. The number of aryl methyl sites for hydroxylation is 1. The van der Waals surface area contributed by atoms with Gasteiger partial charge in [-0.3, -0.25) is 20.0 Å². The fourth-order valence-corrected chi connectivity index (χ4v) is 10.4. The van der Waals surface area contributed by atoms with Crippen molar-refractivity contribution in [3.05, 3.63) is 75.6 Å². The fraction of sp³-hybridized carbons (Fsp3) is 0.551. The van der Waals surface area contributed by atoms with Crippen molar-refractivity contribution in [3.63, 3.8) is 0 Å². The molecule has 8 rings (SSSR count). The average Bonchev–Trinajstić information content (AvgIpc) is 3.97. The summed E-state index contributed by atoms with van der Waals surface area (Å²) >= 11 is 0. The number of aliphatic hydroxyl groups is 3. The van der Waals surface area contributed by atoms with E-state index in [9.17, 15) is 25.2 Å². The Hall–Kier alpha value is -4.46. The van der Waals surface area contributed by atoms with Crippen LogP contribution < -0.4 is 25.4 Å². The first-order chi connectivity index (χ1) is 29.1. The number of phenols is 1. The minimum Gasteiger partial charge on any atom is -0.508 e. The molecule has 8 unspecified atom stereocenters. The minimum absolute atomic E-state index is 0.0340. The molecule has 2 aromatic carbocycles. The van der Waals surface area contributed by atoms with Crippen molar-refractivity contribution < 1.29 is 39.6 Å². The molecule has 0 amide bonds. The van der Waals surface area contributed by atoms with Gasteiger partial charge in [-0.25, -0.2) is 0 Å². The number of unbranched alkanes of at least 4 members (excludes halogenated alkanes) is 2. The van der Waals surface area contributed by atoms with Crippen LogP contribution in [-0.2, 0) is 24.1 Å². The van der Waals surface area contributed by atoms with E-state index in [2.05, 4.69) is 42.3 Å². The number of aliphatic hydroxyl groups excluding tert-OH is 3. The Morgan fingerprint density at radius 1 is 1.07 bits per heavy atom. The number of nitrogens with two attached hydrogens (primary N) is 1. The van der Waals surface area contributed by atoms with Crippen LogP contribution in [-0.4, -0.2) is 63.4 Å². The second-order valence-corrected chi connectivity index (χ2v) is 17.7. The van der Waals surface area contributed by atoms with Gasteiger partial charge in [0, 0.05) is 37.6 Å². The lowest BCUT2D eigenvalue weighted by Crippen LogP contribution is -3.13. The van der Waals surface area contributed by atoms with Crippen molar-refractivity contribution in [1.29, 1.82) is 0 Å². The maximum absolute atomic E-state index is 13.8. The molecule has 2 aromatic rings. The van der Waals surface area contributed by atoms with E-state index in [1.807, 2.05) is 25.3 Å². The van der Waals surface area contributed by atoms with E-state index < -0.39 is 41.8 Å². The van der Waals surface area contributed by atoms with Gasteiger partial charge in [-0.15, -0.1) is 0 Å². The highest BCUT2D eigenvalue weighted by atomic mass is 16.5. The Morgan fingerprint density at radius 2 is 1.88 bits per heavy atom. The molecule has 1 fully saturated rings. The molecule has 2 bridgehead atoms. The van der Waals surface area contributed by atoms with Crippen LogP contribution in [0.1, 0.15) is 131 Å². The average molecular weight is 818 g/mol. The van der Waals surface area contributed by atoms with Crippen LogP contribution in [0.2, 0.25) is 0 Å². The smallest absolute Gasteiger partial charge is 0.252 e. The number of phenolic OH excluding ortho intramolecular Hbond substituents is 1. The topological polar surface area (TPSA) is 171 Å². The summed E-state index contributed by atoms with van der Waals surface area (Å²) in [6, 6.07) is 7.26. The number of aromatic hydroxyl groups is 1. The first-order valence-corrected chi connectivity index (χ1v) is 22.4. The number of allylic oxidation sites excluding steroid dienone is 1. The van der Waals surface area contributed by atoms with E-state index in [-0.39, 0.29) is 42.7 Å². The van der Waals surface area contributed by atoms with Crippen molar-refractivity contribution in [3.8, 4) is 41.1 Å². The van der Waals surface area contributed by atoms with Gasteiger partial charge in [0.25, 0.3) is 6.23 Å². The normalized spacial score (nSPS) is 26.0. The summed E-state index contributed by atoms with van der Waals surface area (Å²) in [5.41, 5.74) is 13.6. The molecule has 1 aliphatic carbocycles. The summed E-state index contributed by atoms with van der Waals surface area (Å²) in [4.78, 5) is 19.8. The molecule has 11 nitrogen and oxygen atoms in total. The molecule has 1 spiro atoms. The summed E-state index contributed by atoms with van der Waals surface area (Å²) < 4.78 is 13.2. The monoisotopic (exact) mass is 817 g/mol. The molecule has 8 atom stereocenters. The predicted octanol–water partition coefficient (Wildman–Crippen LogP) is 4.75. The SMILES string of the molecule is CCCCCC(C(=O)CCc1cc2c(cc1O)OC#CC1(CCCC1)C1C#CC(O)c3ccc4c(c3CC3=CN=C5C[NH+](C=C35)C1O2)CCNC4N)C(O)CC(O)CCC. The van der Waals surface area contributed by atoms with E-state index in [1.165, 1.54) is 11.6 Å². The first-order valence-electron chi connectivity index (χ1n) is 22.4. The lowest BCUT2D eigenvalue weighted by molar-refractivity contribution is -0.888. The number of carbonyl (C=O) groups is 1. The zero-order valence-corrected chi connectivity index (χ0v) is 35.1. The lowest BCUT2D eigenvalue weighted by atomic mass is 9.73. The molecule has 8 N–H and O–H groups in total. The Balaban J connectivity index is 1.14. The molecule has 0 saturated heterocycles. The largest absolute Gasteiger partial charge is 0.508 e. The molecule has 6 aliphatic rings. The Kier molecular flexibility index (Phi) is 12.9. The Labute approximate surface area is 354 Å². The molecular weight excluding hydrogens is 757 g/mol. The second-order valence-electron chi connectivity index (χ2n) is 17.7. The third kappa shape index (κ3) is 8.54. The maximum Gasteiger partial charge on any atom is 0.252 e. The Bertz CT molecular complexity index is 2180. The van der Waals surface area contributed by atoms with Crippen LogP contribution in [0.5, 0.6) is 17.2 Å². The number of nitrogens with zero attached hydrogens (tertiary/aromatic N) is 1. The van der Waals surface area contributed by atoms with Gasteiger partial charge in [-0.1, -0.05) is 82.3 Å². The molecule has 5 aliphatic heterocycles. The van der Waals surface area contributed by atoms with E-state index in [4.69, 9.17) is 20.2 Å². The van der Waals surface area contributed by atoms with Crippen LogP contribution in [0.3, 0.4) is 0 Å². The van der Waals surface area contributed by atoms with Gasteiger partial charge in [-0.2, -0.15) is 0 Å². The molecule has 5 heterocycles. The van der Waals surface area contributed by atoms with Gasteiger partial charge >= 0.3 is 0 Å². The minimum atomic E-state index is -1.06. The molecule has 0 aromatic heterocycles. The number of ether oxygens (including phenoxy) is 2. The van der Waals surface area contributed by atoms with Crippen LogP contribution in [0.4, 0.5) is 0 Å². The highest BCUT2D eigenvalue weighted by Gasteiger charge is 2.51. The van der Waals surface area contributed by atoms with E-state index in [0.717, 1.165) is 103 Å². The van der Waals surface area contributed by atoms with Crippen LogP contribution in [0.15, 0.2) is 52.8 Å². The number of hydrogen-bond acceptors (Lipinski definition) is 10. The van der Waals surface area contributed by atoms with Gasteiger partial charge in [-0.05, 0) is 84.4 Å². The van der Waals surface area contributed by atoms with Crippen LogP contribution >= 0.6 is 0 Å². The molecular formula is C49H61N4O7+. The number of benzene rings is 2. The Morgan fingerprint density at radius 3 is 2.68 bits per heavy atom. The van der Waals surface area contributed by atoms with Gasteiger partial charge in [0.05, 0.1) is 29.4 Å². The number of ketones is 1. The second kappa shape index (κ2) is 18.3. The summed E-state index contributed by atoms with van der Waals surface area (Å²) in [6.07, 6.45) is 13.7. The molecule has 318 valence electrons.